The molecule has 0 bridgehead atoms. The second-order valence-electron chi connectivity index (χ2n) is 5.05. The Kier molecular flexibility index (Phi) is 3.25. The molecular weight excluding hydrogens is 216 g/mol. The monoisotopic (exact) mass is 236 g/mol. The normalized spacial score (nSPS) is 21.2. The molecule has 1 aromatic rings. The van der Waals surface area contributed by atoms with Gasteiger partial charge in [-0.05, 0) is 38.5 Å². The summed E-state index contributed by atoms with van der Waals surface area (Å²) in [5.74, 6) is 0. The molecule has 2 aliphatic rings. The van der Waals surface area contributed by atoms with E-state index in [1.54, 1.807) is 4.88 Å². The third-order valence-electron chi connectivity index (χ3n) is 3.79. The van der Waals surface area contributed by atoms with Gasteiger partial charge >= 0.3 is 0 Å². The largest absolute Gasteiger partial charge is 0.308 e. The lowest BCUT2D eigenvalue weighted by molar-refractivity contribution is 0.522. The molecule has 0 spiro atoms. The fourth-order valence-corrected chi connectivity index (χ4v) is 3.95. The van der Waals surface area contributed by atoms with Crippen molar-refractivity contribution in [2.24, 2.45) is 0 Å². The Hall–Kier alpha value is -0.410. The Balaban J connectivity index is 1.59. The number of nitrogens with zero attached hydrogens (tertiary/aromatic N) is 1. The van der Waals surface area contributed by atoms with Crippen molar-refractivity contribution < 1.29 is 0 Å². The third-order valence-corrected chi connectivity index (χ3v) is 4.94. The van der Waals surface area contributed by atoms with Gasteiger partial charge in [-0.25, -0.2) is 4.98 Å². The number of hydrogen-bond donors (Lipinski definition) is 1. The summed E-state index contributed by atoms with van der Waals surface area (Å²) in [5.41, 5.74) is 1.40. The lowest BCUT2D eigenvalue weighted by Gasteiger charge is -2.09. The van der Waals surface area contributed by atoms with Crippen molar-refractivity contribution in [1.29, 1.82) is 0 Å². The molecule has 0 atom stereocenters. The van der Waals surface area contributed by atoms with Crippen LogP contribution in [0.4, 0.5) is 0 Å². The molecule has 2 nitrogen and oxygen atoms in total. The van der Waals surface area contributed by atoms with E-state index >= 15 is 0 Å². The highest BCUT2D eigenvalue weighted by Crippen LogP contribution is 2.27. The van der Waals surface area contributed by atoms with Crippen LogP contribution in [0.5, 0.6) is 0 Å². The van der Waals surface area contributed by atoms with Gasteiger partial charge in [-0.15, -0.1) is 11.3 Å². The van der Waals surface area contributed by atoms with Crippen LogP contribution in [0.2, 0.25) is 0 Å². The van der Waals surface area contributed by atoms with Gasteiger partial charge in [0.05, 0.1) is 5.69 Å². The first-order valence-electron chi connectivity index (χ1n) is 6.62. The van der Waals surface area contributed by atoms with E-state index in [0.29, 0.717) is 0 Å². The highest BCUT2D eigenvalue weighted by atomic mass is 32.1. The summed E-state index contributed by atoms with van der Waals surface area (Å²) in [6.45, 7) is 1.00. The number of fused-ring (bicyclic) bond motifs is 1. The van der Waals surface area contributed by atoms with Gasteiger partial charge in [-0.3, -0.25) is 0 Å². The van der Waals surface area contributed by atoms with Crippen molar-refractivity contribution in [2.75, 3.05) is 0 Å². The van der Waals surface area contributed by atoms with Crippen molar-refractivity contribution in [3.63, 3.8) is 0 Å². The molecule has 1 saturated carbocycles. The predicted octanol–water partition coefficient (Wildman–Crippen LogP) is 3.05. The molecule has 0 saturated heterocycles. The van der Waals surface area contributed by atoms with Crippen LogP contribution in [0.1, 0.15) is 54.1 Å². The number of hydrogen-bond acceptors (Lipinski definition) is 3. The minimum Gasteiger partial charge on any atom is -0.308 e. The Bertz CT molecular complexity index is 329. The molecular formula is C13H20N2S. The molecule has 0 aliphatic heterocycles. The highest BCUT2D eigenvalue weighted by Gasteiger charge is 2.17. The van der Waals surface area contributed by atoms with Gasteiger partial charge in [0.25, 0.3) is 0 Å². The number of nitrogens with one attached hydrogen (secondary N) is 1. The van der Waals surface area contributed by atoms with E-state index in [1.165, 1.54) is 62.1 Å². The molecule has 1 fully saturated rings. The van der Waals surface area contributed by atoms with E-state index in [1.807, 2.05) is 11.3 Å². The maximum Gasteiger partial charge on any atom is 0.107 e. The van der Waals surface area contributed by atoms with Gasteiger partial charge in [0.15, 0.2) is 0 Å². The summed E-state index contributed by atoms with van der Waals surface area (Å²) in [4.78, 5) is 6.33. The first kappa shape index (κ1) is 10.7. The average molecular weight is 236 g/mol. The zero-order valence-electron chi connectivity index (χ0n) is 9.80. The molecule has 3 rings (SSSR count). The minimum absolute atomic E-state index is 0.765. The highest BCUT2D eigenvalue weighted by molar-refractivity contribution is 7.11. The van der Waals surface area contributed by atoms with Crippen molar-refractivity contribution in [3.8, 4) is 0 Å². The molecule has 1 N–H and O–H groups in total. The van der Waals surface area contributed by atoms with Gasteiger partial charge in [-0.1, -0.05) is 12.8 Å². The van der Waals surface area contributed by atoms with Crippen LogP contribution in [0.15, 0.2) is 0 Å². The van der Waals surface area contributed by atoms with Gasteiger partial charge in [0.1, 0.15) is 5.01 Å². The second-order valence-corrected chi connectivity index (χ2v) is 6.22. The lowest BCUT2D eigenvalue weighted by atomic mass is 10.0. The summed E-state index contributed by atoms with van der Waals surface area (Å²) in [6.07, 6.45) is 10.7. The zero-order chi connectivity index (χ0) is 10.8. The number of rotatable bonds is 3. The molecule has 0 aromatic carbocycles. The van der Waals surface area contributed by atoms with Crippen molar-refractivity contribution in [3.05, 3.63) is 15.6 Å². The summed E-state index contributed by atoms with van der Waals surface area (Å²) >= 11 is 1.95. The summed E-state index contributed by atoms with van der Waals surface area (Å²) < 4.78 is 0. The van der Waals surface area contributed by atoms with Crippen molar-refractivity contribution >= 4 is 11.3 Å². The molecule has 0 radical (unpaired) electrons. The quantitative estimate of drug-likeness (QED) is 0.872. The fourth-order valence-electron chi connectivity index (χ4n) is 2.84. The molecule has 16 heavy (non-hydrogen) atoms. The second kappa shape index (κ2) is 4.84. The molecule has 88 valence electrons. The summed E-state index contributed by atoms with van der Waals surface area (Å²) in [7, 11) is 0. The Morgan fingerprint density at radius 3 is 2.75 bits per heavy atom. The molecule has 0 unspecified atom stereocenters. The zero-order valence-corrected chi connectivity index (χ0v) is 10.6. The molecule has 1 heterocycles. The Labute approximate surface area is 101 Å². The number of thiazole rings is 1. The van der Waals surface area contributed by atoms with E-state index < -0.39 is 0 Å². The predicted molar refractivity (Wildman–Crippen MR) is 67.9 cm³/mol. The molecule has 1 aromatic heterocycles. The van der Waals surface area contributed by atoms with Crippen molar-refractivity contribution in [2.45, 2.75) is 64.0 Å². The maximum absolute atomic E-state index is 4.77. The van der Waals surface area contributed by atoms with Crippen molar-refractivity contribution in [1.82, 2.24) is 10.3 Å². The topological polar surface area (TPSA) is 24.9 Å². The van der Waals surface area contributed by atoms with Crippen LogP contribution < -0.4 is 5.32 Å². The van der Waals surface area contributed by atoms with Gasteiger partial charge in [-0.2, -0.15) is 0 Å². The van der Waals surface area contributed by atoms with Gasteiger partial charge in [0.2, 0.25) is 0 Å². The molecule has 0 amide bonds. The molecule has 3 heteroatoms. The first-order valence-corrected chi connectivity index (χ1v) is 7.44. The standard InChI is InChI=1S/C13H20N2S/c1-2-6-10(5-1)14-9-13-15-11-7-3-4-8-12(11)16-13/h10,14H,1-9H2. The average Bonchev–Trinajstić information content (AvgIpc) is 2.95. The SMILES string of the molecule is C1CCc2sc(CNC3CCCC3)nc2C1. The maximum atomic E-state index is 4.77. The number of aryl methyl sites for hydroxylation is 2. The van der Waals surface area contributed by atoms with Crippen LogP contribution in [0.25, 0.3) is 0 Å². The van der Waals surface area contributed by atoms with Crippen LogP contribution >= 0.6 is 11.3 Å². The van der Waals surface area contributed by atoms with E-state index in [2.05, 4.69) is 5.32 Å². The van der Waals surface area contributed by atoms with E-state index in [-0.39, 0.29) is 0 Å². The van der Waals surface area contributed by atoms with Crippen LogP contribution in [0, 0.1) is 0 Å². The number of aromatic nitrogens is 1. The van der Waals surface area contributed by atoms with Gasteiger partial charge in [0, 0.05) is 17.5 Å². The Morgan fingerprint density at radius 2 is 1.94 bits per heavy atom. The first-order chi connectivity index (χ1) is 7.92. The lowest BCUT2D eigenvalue weighted by Crippen LogP contribution is -2.25. The van der Waals surface area contributed by atoms with Gasteiger partial charge < -0.3 is 5.32 Å². The minimum atomic E-state index is 0.765. The summed E-state index contributed by atoms with van der Waals surface area (Å²) in [5, 5.41) is 4.97. The van der Waals surface area contributed by atoms with Crippen LogP contribution in [-0.4, -0.2) is 11.0 Å². The van der Waals surface area contributed by atoms with E-state index in [0.717, 1.165) is 12.6 Å². The van der Waals surface area contributed by atoms with E-state index in [9.17, 15) is 0 Å². The molecule has 2 aliphatic carbocycles. The third kappa shape index (κ3) is 2.30. The van der Waals surface area contributed by atoms with Crippen LogP contribution in [0.3, 0.4) is 0 Å². The smallest absolute Gasteiger partial charge is 0.107 e. The van der Waals surface area contributed by atoms with Crippen LogP contribution in [-0.2, 0) is 19.4 Å². The summed E-state index contributed by atoms with van der Waals surface area (Å²) in [6, 6.07) is 0.765. The fraction of sp³-hybridized carbons (Fsp3) is 0.769. The van der Waals surface area contributed by atoms with E-state index in [4.69, 9.17) is 4.98 Å². The Morgan fingerprint density at radius 1 is 1.12 bits per heavy atom.